The summed E-state index contributed by atoms with van der Waals surface area (Å²) in [7, 11) is 3.34. The normalized spacial score (nSPS) is 10.9. The van der Waals surface area contributed by atoms with Crippen molar-refractivity contribution in [3.05, 3.63) is 65.5 Å². The first-order valence-corrected chi connectivity index (χ1v) is 8.47. The van der Waals surface area contributed by atoms with Gasteiger partial charge in [-0.2, -0.15) is 15.0 Å². The van der Waals surface area contributed by atoms with E-state index >= 15 is 0 Å². The zero-order chi connectivity index (χ0) is 20.1. The molecule has 28 heavy (non-hydrogen) atoms. The standard InChI is InChI=1S/C19H20F2N6O/c1-27(10-12-7-8-13(20)9-14(12)21)11-17-24-18(22)26-19(25-17)23-15-5-3-4-6-16(15)28-2/h3-9H,10-11H2,1-2H3,(H3,22,23,24,25,26). The van der Waals surface area contributed by atoms with Crippen molar-refractivity contribution in [2.24, 2.45) is 0 Å². The summed E-state index contributed by atoms with van der Waals surface area (Å²) in [6, 6.07) is 10.8. The average molecular weight is 386 g/mol. The number of anilines is 3. The quantitative estimate of drug-likeness (QED) is 0.645. The molecule has 1 heterocycles. The molecular formula is C19H20F2N6O. The van der Waals surface area contributed by atoms with E-state index < -0.39 is 11.6 Å². The van der Waals surface area contributed by atoms with Gasteiger partial charge in [-0.15, -0.1) is 0 Å². The number of aromatic nitrogens is 3. The fraction of sp³-hybridized carbons (Fsp3) is 0.211. The Hall–Kier alpha value is -3.33. The molecular weight excluding hydrogens is 366 g/mol. The molecule has 0 amide bonds. The van der Waals surface area contributed by atoms with E-state index in [0.29, 0.717) is 29.4 Å². The van der Waals surface area contributed by atoms with Gasteiger partial charge in [-0.05, 0) is 25.2 Å². The van der Waals surface area contributed by atoms with Crippen LogP contribution in [0.3, 0.4) is 0 Å². The lowest BCUT2D eigenvalue weighted by molar-refractivity contribution is 0.305. The Labute approximate surface area is 161 Å². The number of benzene rings is 2. The van der Waals surface area contributed by atoms with E-state index in [2.05, 4.69) is 20.3 Å². The van der Waals surface area contributed by atoms with Gasteiger partial charge in [0.15, 0.2) is 0 Å². The summed E-state index contributed by atoms with van der Waals surface area (Å²) in [6.07, 6.45) is 0. The van der Waals surface area contributed by atoms with Gasteiger partial charge < -0.3 is 15.8 Å². The third kappa shape index (κ3) is 4.89. The molecule has 0 atom stereocenters. The van der Waals surface area contributed by atoms with Gasteiger partial charge in [0, 0.05) is 18.2 Å². The second-order valence-electron chi connectivity index (χ2n) is 6.17. The number of para-hydroxylation sites is 2. The number of nitrogens with two attached hydrogens (primary N) is 1. The maximum Gasteiger partial charge on any atom is 0.232 e. The van der Waals surface area contributed by atoms with Gasteiger partial charge in [-0.1, -0.05) is 18.2 Å². The van der Waals surface area contributed by atoms with Gasteiger partial charge in [0.05, 0.1) is 19.3 Å². The van der Waals surface area contributed by atoms with Crippen molar-refractivity contribution in [2.45, 2.75) is 13.1 Å². The molecule has 3 aromatic rings. The number of nitrogens with zero attached hydrogens (tertiary/aromatic N) is 4. The number of nitrogens with one attached hydrogen (secondary N) is 1. The molecule has 0 saturated carbocycles. The van der Waals surface area contributed by atoms with Gasteiger partial charge in [0.25, 0.3) is 0 Å². The van der Waals surface area contributed by atoms with Crippen LogP contribution in [0.15, 0.2) is 42.5 Å². The lowest BCUT2D eigenvalue weighted by atomic mass is 10.2. The molecule has 0 aliphatic rings. The van der Waals surface area contributed by atoms with E-state index in [4.69, 9.17) is 10.5 Å². The molecule has 0 saturated heterocycles. The Morgan fingerprint density at radius 2 is 1.86 bits per heavy atom. The second kappa shape index (κ2) is 8.57. The summed E-state index contributed by atoms with van der Waals surface area (Å²) < 4.78 is 32.2. The predicted molar refractivity (Wildman–Crippen MR) is 102 cm³/mol. The molecule has 0 bridgehead atoms. The summed E-state index contributed by atoms with van der Waals surface area (Å²) >= 11 is 0. The third-order valence-corrected chi connectivity index (χ3v) is 3.92. The monoisotopic (exact) mass is 386 g/mol. The molecule has 0 fully saturated rings. The molecule has 9 heteroatoms. The number of ether oxygens (including phenoxy) is 1. The molecule has 0 aliphatic carbocycles. The summed E-state index contributed by atoms with van der Waals surface area (Å²) in [5.74, 6) is 0.167. The molecule has 2 aromatic carbocycles. The highest BCUT2D eigenvalue weighted by atomic mass is 19.1. The number of halogens is 2. The van der Waals surface area contributed by atoms with E-state index in [1.165, 1.54) is 12.1 Å². The van der Waals surface area contributed by atoms with Crippen LogP contribution in [0.2, 0.25) is 0 Å². The van der Waals surface area contributed by atoms with Crippen molar-refractivity contribution in [1.29, 1.82) is 0 Å². The summed E-state index contributed by atoms with van der Waals surface area (Å²) in [4.78, 5) is 14.4. The van der Waals surface area contributed by atoms with Crippen LogP contribution in [0.1, 0.15) is 11.4 Å². The van der Waals surface area contributed by atoms with Gasteiger partial charge >= 0.3 is 0 Å². The van der Waals surface area contributed by atoms with Crippen LogP contribution in [0.5, 0.6) is 5.75 Å². The minimum atomic E-state index is -0.610. The van der Waals surface area contributed by atoms with Crippen molar-refractivity contribution in [1.82, 2.24) is 19.9 Å². The minimum absolute atomic E-state index is 0.0590. The van der Waals surface area contributed by atoms with Crippen LogP contribution in [-0.2, 0) is 13.1 Å². The molecule has 0 radical (unpaired) electrons. The molecule has 1 aromatic heterocycles. The van der Waals surface area contributed by atoms with Crippen LogP contribution >= 0.6 is 0 Å². The second-order valence-corrected chi connectivity index (χ2v) is 6.17. The van der Waals surface area contributed by atoms with Crippen molar-refractivity contribution >= 4 is 17.6 Å². The Morgan fingerprint density at radius 1 is 1.07 bits per heavy atom. The predicted octanol–water partition coefficient (Wildman–Crippen LogP) is 3.12. The molecule has 3 N–H and O–H groups in total. The maximum absolute atomic E-state index is 13.8. The Balaban J connectivity index is 1.74. The van der Waals surface area contributed by atoms with Crippen LogP contribution in [-0.4, -0.2) is 34.0 Å². The smallest absolute Gasteiger partial charge is 0.232 e. The van der Waals surface area contributed by atoms with Gasteiger partial charge in [-0.25, -0.2) is 8.78 Å². The minimum Gasteiger partial charge on any atom is -0.495 e. The van der Waals surface area contributed by atoms with Gasteiger partial charge in [0.1, 0.15) is 23.2 Å². The van der Waals surface area contributed by atoms with Crippen molar-refractivity contribution in [3.8, 4) is 5.75 Å². The van der Waals surface area contributed by atoms with Crippen molar-refractivity contribution in [2.75, 3.05) is 25.2 Å². The third-order valence-electron chi connectivity index (χ3n) is 3.92. The zero-order valence-electron chi connectivity index (χ0n) is 15.5. The topological polar surface area (TPSA) is 89.2 Å². The number of methoxy groups -OCH3 is 1. The summed E-state index contributed by atoms with van der Waals surface area (Å²) in [5.41, 5.74) is 6.86. The molecule has 0 aliphatic heterocycles. The zero-order valence-corrected chi connectivity index (χ0v) is 15.5. The SMILES string of the molecule is COc1ccccc1Nc1nc(N)nc(CN(C)Cc2ccc(F)cc2F)n1. The van der Waals surface area contributed by atoms with E-state index in [0.717, 1.165) is 6.07 Å². The Bertz CT molecular complexity index is 969. The number of nitrogen functional groups attached to an aromatic ring is 1. The molecule has 146 valence electrons. The maximum atomic E-state index is 13.8. The van der Waals surface area contributed by atoms with Crippen molar-refractivity contribution < 1.29 is 13.5 Å². The highest BCUT2D eigenvalue weighted by Gasteiger charge is 2.12. The summed E-state index contributed by atoms with van der Waals surface area (Å²) in [5, 5.41) is 3.06. The van der Waals surface area contributed by atoms with Crippen molar-refractivity contribution in [3.63, 3.8) is 0 Å². The fourth-order valence-corrected chi connectivity index (χ4v) is 2.67. The highest BCUT2D eigenvalue weighted by Crippen LogP contribution is 2.25. The summed E-state index contributed by atoms with van der Waals surface area (Å²) in [6.45, 7) is 0.553. The largest absolute Gasteiger partial charge is 0.495 e. The molecule has 0 unspecified atom stereocenters. The van der Waals surface area contributed by atoms with Gasteiger partial charge in [0.2, 0.25) is 11.9 Å². The number of hydrogen-bond donors (Lipinski definition) is 2. The lowest BCUT2D eigenvalue weighted by Gasteiger charge is -2.17. The number of rotatable bonds is 7. The molecule has 3 rings (SSSR count). The van der Waals surface area contributed by atoms with Crippen LogP contribution in [0, 0.1) is 11.6 Å². The van der Waals surface area contributed by atoms with Gasteiger partial charge in [-0.3, -0.25) is 4.90 Å². The van der Waals surface area contributed by atoms with E-state index in [1.807, 2.05) is 18.2 Å². The lowest BCUT2D eigenvalue weighted by Crippen LogP contribution is -2.20. The average Bonchev–Trinajstić information content (AvgIpc) is 2.64. The molecule has 0 spiro atoms. The number of hydrogen-bond acceptors (Lipinski definition) is 7. The Morgan fingerprint density at radius 3 is 2.61 bits per heavy atom. The van der Waals surface area contributed by atoms with Crippen LogP contribution in [0.25, 0.3) is 0 Å². The van der Waals surface area contributed by atoms with E-state index in [-0.39, 0.29) is 18.4 Å². The van der Waals surface area contributed by atoms with E-state index in [9.17, 15) is 8.78 Å². The van der Waals surface area contributed by atoms with Crippen LogP contribution in [0.4, 0.5) is 26.4 Å². The molecule has 7 nitrogen and oxygen atoms in total. The Kier molecular flexibility index (Phi) is 5.95. The van der Waals surface area contributed by atoms with Crippen LogP contribution < -0.4 is 15.8 Å². The highest BCUT2D eigenvalue weighted by molar-refractivity contribution is 5.62. The first-order valence-electron chi connectivity index (χ1n) is 8.47. The first kappa shape index (κ1) is 19.4. The van der Waals surface area contributed by atoms with E-state index in [1.54, 1.807) is 25.1 Å². The fourth-order valence-electron chi connectivity index (χ4n) is 2.67. The first-order chi connectivity index (χ1) is 13.4.